The fourth-order valence-electron chi connectivity index (χ4n) is 3.54. The molecule has 158 valence electrons. The van der Waals surface area contributed by atoms with Gasteiger partial charge >= 0.3 is 0 Å². The van der Waals surface area contributed by atoms with E-state index in [0.29, 0.717) is 27.2 Å². The van der Waals surface area contributed by atoms with E-state index in [1.807, 2.05) is 43.3 Å². The zero-order valence-electron chi connectivity index (χ0n) is 16.9. The van der Waals surface area contributed by atoms with Crippen molar-refractivity contribution in [3.63, 3.8) is 0 Å². The molecule has 4 aromatic rings. The van der Waals surface area contributed by atoms with Crippen LogP contribution in [0.3, 0.4) is 0 Å². The van der Waals surface area contributed by atoms with E-state index in [1.165, 1.54) is 0 Å². The molecule has 1 amide bonds. The molecule has 4 rings (SSSR count). The molecule has 1 heterocycles. The van der Waals surface area contributed by atoms with Gasteiger partial charge in [0, 0.05) is 27.8 Å². The first-order chi connectivity index (χ1) is 14.8. The van der Waals surface area contributed by atoms with Gasteiger partial charge in [0.2, 0.25) is 5.91 Å². The van der Waals surface area contributed by atoms with Gasteiger partial charge in [-0.1, -0.05) is 66.2 Å². The highest BCUT2D eigenvalue weighted by Crippen LogP contribution is 2.28. The van der Waals surface area contributed by atoms with Crippen LogP contribution in [0.1, 0.15) is 11.1 Å². The minimum atomic E-state index is -3.60. The first-order valence-corrected chi connectivity index (χ1v) is 11.8. The number of nitrogens with one attached hydrogen (secondary N) is 1. The van der Waals surface area contributed by atoms with E-state index in [4.69, 9.17) is 11.6 Å². The topological polar surface area (TPSA) is 68.2 Å². The standard InChI is InChI=1S/C24H21ClN2O3S/c1-17-11-12-19(25)13-21(17)26-24(28)15-27-14-23(20-9-5-6-10-22(20)27)31(29,30)16-18-7-3-2-4-8-18/h2-14H,15-16H2,1H3,(H,26,28). The molecular weight excluding hydrogens is 432 g/mol. The quantitative estimate of drug-likeness (QED) is 0.436. The Bertz CT molecular complexity index is 1360. The Morgan fingerprint density at radius 2 is 1.71 bits per heavy atom. The Hall–Kier alpha value is -3.09. The Balaban J connectivity index is 1.65. The molecule has 0 bridgehead atoms. The number of carbonyl (C=O) groups is 1. The van der Waals surface area contributed by atoms with Crippen LogP contribution in [-0.2, 0) is 26.9 Å². The third kappa shape index (κ3) is 4.65. The van der Waals surface area contributed by atoms with Crippen LogP contribution in [0.4, 0.5) is 5.69 Å². The van der Waals surface area contributed by atoms with Crippen molar-refractivity contribution < 1.29 is 13.2 Å². The van der Waals surface area contributed by atoms with Crippen molar-refractivity contribution in [1.82, 2.24) is 4.57 Å². The van der Waals surface area contributed by atoms with Gasteiger partial charge in [-0.25, -0.2) is 8.42 Å². The Labute approximate surface area is 186 Å². The number of amides is 1. The van der Waals surface area contributed by atoms with Crippen LogP contribution in [0.15, 0.2) is 83.9 Å². The monoisotopic (exact) mass is 452 g/mol. The maximum absolute atomic E-state index is 13.2. The number of carbonyl (C=O) groups excluding carboxylic acids is 1. The number of hydrogen-bond donors (Lipinski definition) is 1. The van der Waals surface area contributed by atoms with E-state index in [1.54, 1.807) is 47.2 Å². The molecule has 3 aromatic carbocycles. The summed E-state index contributed by atoms with van der Waals surface area (Å²) in [5.41, 5.74) is 2.92. The lowest BCUT2D eigenvalue weighted by atomic mass is 10.2. The van der Waals surface area contributed by atoms with E-state index in [0.717, 1.165) is 5.56 Å². The predicted molar refractivity (Wildman–Crippen MR) is 124 cm³/mol. The molecule has 0 aliphatic carbocycles. The number of benzene rings is 3. The van der Waals surface area contributed by atoms with Crippen LogP contribution in [0.25, 0.3) is 10.9 Å². The molecule has 0 aliphatic heterocycles. The van der Waals surface area contributed by atoms with Crippen LogP contribution in [-0.4, -0.2) is 18.9 Å². The molecule has 0 saturated heterocycles. The van der Waals surface area contributed by atoms with E-state index in [-0.39, 0.29) is 23.1 Å². The van der Waals surface area contributed by atoms with Crippen molar-refractivity contribution in [1.29, 1.82) is 0 Å². The fraction of sp³-hybridized carbons (Fsp3) is 0.125. The lowest BCUT2D eigenvalue weighted by molar-refractivity contribution is -0.116. The molecule has 0 saturated carbocycles. The molecule has 7 heteroatoms. The van der Waals surface area contributed by atoms with Crippen molar-refractivity contribution in [2.45, 2.75) is 24.1 Å². The second kappa shape index (κ2) is 8.57. The normalized spacial score (nSPS) is 11.5. The highest BCUT2D eigenvalue weighted by atomic mass is 35.5. The lowest BCUT2D eigenvalue weighted by Gasteiger charge is -2.10. The maximum atomic E-state index is 13.2. The Morgan fingerprint density at radius 1 is 1.00 bits per heavy atom. The molecule has 5 nitrogen and oxygen atoms in total. The molecule has 0 aliphatic rings. The Kier molecular flexibility index (Phi) is 5.85. The zero-order chi connectivity index (χ0) is 22.0. The van der Waals surface area contributed by atoms with Gasteiger partial charge in [-0.2, -0.15) is 0 Å². The van der Waals surface area contributed by atoms with Gasteiger partial charge in [0.25, 0.3) is 0 Å². The zero-order valence-corrected chi connectivity index (χ0v) is 18.5. The summed E-state index contributed by atoms with van der Waals surface area (Å²) < 4.78 is 28.0. The summed E-state index contributed by atoms with van der Waals surface area (Å²) in [4.78, 5) is 12.9. The third-order valence-electron chi connectivity index (χ3n) is 5.07. The summed E-state index contributed by atoms with van der Waals surface area (Å²) in [6, 6.07) is 21.5. The SMILES string of the molecule is Cc1ccc(Cl)cc1NC(=O)Cn1cc(S(=O)(=O)Cc2ccccc2)c2ccccc21. The van der Waals surface area contributed by atoms with E-state index < -0.39 is 9.84 Å². The highest BCUT2D eigenvalue weighted by Gasteiger charge is 2.22. The first-order valence-electron chi connectivity index (χ1n) is 9.74. The van der Waals surface area contributed by atoms with E-state index >= 15 is 0 Å². The summed E-state index contributed by atoms with van der Waals surface area (Å²) in [5, 5.41) is 3.99. The summed E-state index contributed by atoms with van der Waals surface area (Å²) in [6.07, 6.45) is 1.55. The van der Waals surface area contributed by atoms with Crippen LogP contribution >= 0.6 is 11.6 Å². The minimum absolute atomic E-state index is 0.0205. The van der Waals surface area contributed by atoms with Crippen molar-refractivity contribution in [2.24, 2.45) is 0 Å². The van der Waals surface area contributed by atoms with Crippen molar-refractivity contribution in [3.8, 4) is 0 Å². The Morgan fingerprint density at radius 3 is 2.48 bits per heavy atom. The van der Waals surface area contributed by atoms with E-state index in [2.05, 4.69) is 5.32 Å². The number of sulfone groups is 1. The van der Waals surface area contributed by atoms with Crippen LogP contribution < -0.4 is 5.32 Å². The molecule has 0 radical (unpaired) electrons. The van der Waals surface area contributed by atoms with Gasteiger partial charge in [-0.3, -0.25) is 4.79 Å². The number of rotatable bonds is 6. The molecule has 1 N–H and O–H groups in total. The lowest BCUT2D eigenvalue weighted by Crippen LogP contribution is -2.18. The number of hydrogen-bond acceptors (Lipinski definition) is 3. The van der Waals surface area contributed by atoms with Crippen molar-refractivity contribution in [3.05, 3.63) is 95.1 Å². The number of para-hydroxylation sites is 1. The fourth-order valence-corrected chi connectivity index (χ4v) is 5.29. The molecule has 1 aromatic heterocycles. The molecular formula is C24H21ClN2O3S. The number of aryl methyl sites for hydroxylation is 1. The van der Waals surface area contributed by atoms with Crippen LogP contribution in [0.2, 0.25) is 5.02 Å². The summed E-state index contributed by atoms with van der Waals surface area (Å²) in [7, 11) is -3.60. The van der Waals surface area contributed by atoms with Gasteiger partial charge in [0.05, 0.1) is 10.6 Å². The number of aromatic nitrogens is 1. The van der Waals surface area contributed by atoms with Gasteiger partial charge in [0.1, 0.15) is 6.54 Å². The van der Waals surface area contributed by atoms with Crippen molar-refractivity contribution >= 4 is 43.9 Å². The van der Waals surface area contributed by atoms with E-state index in [9.17, 15) is 13.2 Å². The van der Waals surface area contributed by atoms with Crippen molar-refractivity contribution in [2.75, 3.05) is 5.32 Å². The van der Waals surface area contributed by atoms with Crippen LogP contribution in [0.5, 0.6) is 0 Å². The number of anilines is 1. The number of fused-ring (bicyclic) bond motifs is 1. The second-order valence-corrected chi connectivity index (χ2v) is 9.78. The average Bonchev–Trinajstić information content (AvgIpc) is 3.11. The molecule has 0 atom stereocenters. The molecule has 0 fully saturated rings. The first kappa shape index (κ1) is 21.2. The minimum Gasteiger partial charge on any atom is -0.337 e. The average molecular weight is 453 g/mol. The highest BCUT2D eigenvalue weighted by molar-refractivity contribution is 7.90. The summed E-state index contributed by atoms with van der Waals surface area (Å²) in [5.74, 6) is -0.367. The molecule has 0 unspecified atom stereocenters. The van der Waals surface area contributed by atoms with Gasteiger partial charge < -0.3 is 9.88 Å². The molecule has 31 heavy (non-hydrogen) atoms. The number of nitrogens with zero attached hydrogens (tertiary/aromatic N) is 1. The van der Waals surface area contributed by atoms with Crippen LogP contribution in [0, 0.1) is 6.92 Å². The second-order valence-electron chi connectivity index (χ2n) is 7.39. The largest absolute Gasteiger partial charge is 0.337 e. The van der Waals surface area contributed by atoms with Gasteiger partial charge in [-0.05, 0) is 36.2 Å². The molecule has 0 spiro atoms. The predicted octanol–water partition coefficient (Wildman–Crippen LogP) is 5.22. The summed E-state index contributed by atoms with van der Waals surface area (Å²) >= 11 is 6.04. The maximum Gasteiger partial charge on any atom is 0.244 e. The summed E-state index contributed by atoms with van der Waals surface area (Å²) in [6.45, 7) is 1.86. The number of halogens is 1. The van der Waals surface area contributed by atoms with Gasteiger partial charge in [0.15, 0.2) is 9.84 Å². The van der Waals surface area contributed by atoms with Gasteiger partial charge in [-0.15, -0.1) is 0 Å². The smallest absolute Gasteiger partial charge is 0.244 e. The third-order valence-corrected chi connectivity index (χ3v) is 7.02.